The molecule has 0 aliphatic heterocycles. The second kappa shape index (κ2) is 8.43. The van der Waals surface area contributed by atoms with Gasteiger partial charge in [0.2, 0.25) is 5.95 Å². The van der Waals surface area contributed by atoms with Crippen LogP contribution in [0.2, 0.25) is 0 Å². The lowest BCUT2D eigenvalue weighted by molar-refractivity contribution is 0.841. The van der Waals surface area contributed by atoms with E-state index in [4.69, 9.17) is 0 Å². The third kappa shape index (κ3) is 4.17. The molecule has 1 atom stereocenters. The number of para-hydroxylation sites is 1. The average molecular weight is 347 g/mol. The molecule has 0 fully saturated rings. The smallest absolute Gasteiger partial charge is 0.245 e. The van der Waals surface area contributed by atoms with E-state index in [2.05, 4.69) is 76.9 Å². The summed E-state index contributed by atoms with van der Waals surface area (Å²) in [6.07, 6.45) is 3.58. The first-order chi connectivity index (χ1) is 12.7. The van der Waals surface area contributed by atoms with E-state index < -0.39 is 0 Å². The Morgan fingerprint density at radius 1 is 0.923 bits per heavy atom. The molecule has 0 bridgehead atoms. The number of hydrogen-bond acceptors (Lipinski definition) is 5. The predicted octanol–water partition coefficient (Wildman–Crippen LogP) is 4.91. The summed E-state index contributed by atoms with van der Waals surface area (Å²) in [7, 11) is 0. The Kier molecular flexibility index (Phi) is 5.79. The molecule has 1 aromatic heterocycles. The largest absolute Gasteiger partial charge is 0.346 e. The van der Waals surface area contributed by atoms with Crippen LogP contribution >= 0.6 is 0 Å². The second-order valence-electron chi connectivity index (χ2n) is 6.23. The van der Waals surface area contributed by atoms with Crippen molar-refractivity contribution in [3.05, 3.63) is 71.4 Å². The van der Waals surface area contributed by atoms with Crippen molar-refractivity contribution in [2.24, 2.45) is 0 Å². The Labute approximate surface area is 154 Å². The summed E-state index contributed by atoms with van der Waals surface area (Å²) in [4.78, 5) is 4.59. The number of aryl methyl sites for hydroxylation is 2. The Bertz CT molecular complexity index is 826. The van der Waals surface area contributed by atoms with Crippen LogP contribution in [0, 0.1) is 0 Å². The number of nitrogens with zero attached hydrogens (tertiary/aromatic N) is 3. The molecule has 0 spiro atoms. The van der Waals surface area contributed by atoms with E-state index in [-0.39, 0.29) is 6.04 Å². The summed E-state index contributed by atoms with van der Waals surface area (Å²) in [5.41, 5.74) is 4.85. The highest BCUT2D eigenvalue weighted by Gasteiger charge is 2.10. The van der Waals surface area contributed by atoms with Crippen LogP contribution in [-0.4, -0.2) is 15.2 Å². The van der Waals surface area contributed by atoms with E-state index in [1.165, 1.54) is 16.7 Å². The first-order valence-electron chi connectivity index (χ1n) is 9.10. The van der Waals surface area contributed by atoms with Crippen LogP contribution in [0.25, 0.3) is 0 Å². The van der Waals surface area contributed by atoms with Crippen LogP contribution in [0.5, 0.6) is 0 Å². The van der Waals surface area contributed by atoms with E-state index in [0.717, 1.165) is 18.5 Å². The van der Waals surface area contributed by atoms with E-state index >= 15 is 0 Å². The number of aromatic nitrogens is 3. The highest BCUT2D eigenvalue weighted by Crippen LogP contribution is 2.26. The van der Waals surface area contributed by atoms with E-state index in [1.54, 1.807) is 6.20 Å². The monoisotopic (exact) mass is 347 g/mol. The molecule has 2 N–H and O–H groups in total. The Balaban J connectivity index is 1.80. The van der Waals surface area contributed by atoms with Crippen LogP contribution in [0.1, 0.15) is 43.5 Å². The van der Waals surface area contributed by atoms with Gasteiger partial charge in [-0.3, -0.25) is 0 Å². The van der Waals surface area contributed by atoms with Gasteiger partial charge in [-0.15, -0.1) is 5.10 Å². The minimum atomic E-state index is 0.0994. The molecule has 1 heterocycles. The quantitative estimate of drug-likeness (QED) is 0.635. The highest BCUT2D eigenvalue weighted by molar-refractivity contribution is 5.65. The first kappa shape index (κ1) is 17.9. The van der Waals surface area contributed by atoms with Crippen molar-refractivity contribution in [2.75, 3.05) is 10.6 Å². The van der Waals surface area contributed by atoms with Crippen LogP contribution in [-0.2, 0) is 12.8 Å². The molecule has 3 aromatic rings. The van der Waals surface area contributed by atoms with Crippen molar-refractivity contribution < 1.29 is 0 Å². The van der Waals surface area contributed by atoms with Crippen molar-refractivity contribution in [3.8, 4) is 0 Å². The summed E-state index contributed by atoms with van der Waals surface area (Å²) in [6.45, 7) is 6.40. The average Bonchev–Trinajstić information content (AvgIpc) is 2.69. The van der Waals surface area contributed by atoms with Crippen molar-refractivity contribution in [2.45, 2.75) is 39.7 Å². The van der Waals surface area contributed by atoms with Crippen molar-refractivity contribution in [1.82, 2.24) is 15.2 Å². The summed E-state index contributed by atoms with van der Waals surface area (Å²) < 4.78 is 0. The van der Waals surface area contributed by atoms with Gasteiger partial charge in [0.15, 0.2) is 5.82 Å². The Morgan fingerprint density at radius 2 is 1.62 bits per heavy atom. The van der Waals surface area contributed by atoms with Gasteiger partial charge in [0.25, 0.3) is 0 Å². The SMILES string of the molecule is CCc1cccc(CC)c1Nc1cnnc(NC(C)c2ccccc2)n1. The van der Waals surface area contributed by atoms with Crippen LogP contribution in [0.3, 0.4) is 0 Å². The summed E-state index contributed by atoms with van der Waals surface area (Å²) in [5.74, 6) is 1.21. The van der Waals surface area contributed by atoms with Gasteiger partial charge < -0.3 is 10.6 Å². The fourth-order valence-electron chi connectivity index (χ4n) is 2.97. The van der Waals surface area contributed by atoms with Crippen molar-refractivity contribution in [3.63, 3.8) is 0 Å². The zero-order valence-corrected chi connectivity index (χ0v) is 15.5. The van der Waals surface area contributed by atoms with E-state index in [0.29, 0.717) is 11.8 Å². The molecule has 0 saturated carbocycles. The molecule has 0 saturated heterocycles. The summed E-state index contributed by atoms with van der Waals surface area (Å²) in [6, 6.07) is 16.7. The van der Waals surface area contributed by atoms with Gasteiger partial charge in [0, 0.05) is 5.69 Å². The van der Waals surface area contributed by atoms with Gasteiger partial charge in [0.05, 0.1) is 12.2 Å². The maximum absolute atomic E-state index is 4.59. The predicted molar refractivity (Wildman–Crippen MR) is 107 cm³/mol. The molecule has 0 amide bonds. The molecule has 26 heavy (non-hydrogen) atoms. The van der Waals surface area contributed by atoms with Crippen LogP contribution in [0.15, 0.2) is 54.7 Å². The number of nitrogens with one attached hydrogen (secondary N) is 2. The molecule has 1 unspecified atom stereocenters. The van der Waals surface area contributed by atoms with Gasteiger partial charge in [-0.2, -0.15) is 10.1 Å². The van der Waals surface area contributed by atoms with Crippen LogP contribution in [0.4, 0.5) is 17.5 Å². The Morgan fingerprint density at radius 3 is 2.27 bits per heavy atom. The molecular weight excluding hydrogens is 322 g/mol. The maximum atomic E-state index is 4.59. The van der Waals surface area contributed by atoms with Gasteiger partial charge in [0.1, 0.15) is 0 Å². The minimum absolute atomic E-state index is 0.0994. The fraction of sp³-hybridized carbons (Fsp3) is 0.286. The normalized spacial score (nSPS) is 11.8. The van der Waals surface area contributed by atoms with Gasteiger partial charge >= 0.3 is 0 Å². The fourth-order valence-corrected chi connectivity index (χ4v) is 2.97. The lowest BCUT2D eigenvalue weighted by Gasteiger charge is -2.16. The molecular formula is C21H25N5. The van der Waals surface area contributed by atoms with Crippen molar-refractivity contribution in [1.29, 1.82) is 0 Å². The lowest BCUT2D eigenvalue weighted by atomic mass is 10.0. The Hall–Kier alpha value is -2.95. The number of hydrogen-bond donors (Lipinski definition) is 2. The van der Waals surface area contributed by atoms with Crippen molar-refractivity contribution >= 4 is 17.5 Å². The molecule has 0 radical (unpaired) electrons. The number of benzene rings is 2. The molecule has 0 aliphatic rings. The molecule has 5 heteroatoms. The number of anilines is 3. The lowest BCUT2D eigenvalue weighted by Crippen LogP contribution is -2.11. The minimum Gasteiger partial charge on any atom is -0.346 e. The summed E-state index contributed by atoms with van der Waals surface area (Å²) in [5, 5.41) is 15.0. The topological polar surface area (TPSA) is 62.7 Å². The molecule has 134 valence electrons. The first-order valence-corrected chi connectivity index (χ1v) is 9.10. The van der Waals surface area contributed by atoms with Gasteiger partial charge in [-0.05, 0) is 36.5 Å². The molecule has 0 aliphatic carbocycles. The zero-order valence-electron chi connectivity index (χ0n) is 15.5. The van der Waals surface area contributed by atoms with E-state index in [1.807, 2.05) is 18.2 Å². The van der Waals surface area contributed by atoms with Gasteiger partial charge in [-0.1, -0.05) is 62.4 Å². The molecule has 5 nitrogen and oxygen atoms in total. The van der Waals surface area contributed by atoms with E-state index in [9.17, 15) is 0 Å². The third-order valence-electron chi connectivity index (χ3n) is 4.46. The second-order valence-corrected chi connectivity index (χ2v) is 6.23. The molecule has 3 rings (SSSR count). The third-order valence-corrected chi connectivity index (χ3v) is 4.46. The van der Waals surface area contributed by atoms with Gasteiger partial charge in [-0.25, -0.2) is 0 Å². The number of rotatable bonds is 7. The standard InChI is InChI=1S/C21H25N5/c1-4-16-12-9-13-17(5-2)20(16)24-19-14-22-26-21(25-19)23-15(3)18-10-7-6-8-11-18/h6-15H,4-5H2,1-3H3,(H2,23,24,25,26). The summed E-state index contributed by atoms with van der Waals surface area (Å²) >= 11 is 0. The maximum Gasteiger partial charge on any atom is 0.245 e. The highest BCUT2D eigenvalue weighted by atomic mass is 15.3. The van der Waals surface area contributed by atoms with Crippen LogP contribution < -0.4 is 10.6 Å². The zero-order chi connectivity index (χ0) is 18.4. The molecule has 2 aromatic carbocycles.